The number of para-hydroxylation sites is 1. The van der Waals surface area contributed by atoms with E-state index in [4.69, 9.17) is 4.74 Å². The Kier molecular flexibility index (Phi) is 4.55. The van der Waals surface area contributed by atoms with Crippen molar-refractivity contribution in [1.29, 1.82) is 0 Å². The summed E-state index contributed by atoms with van der Waals surface area (Å²) in [5.74, 6) is 0.289. The summed E-state index contributed by atoms with van der Waals surface area (Å²) in [7, 11) is 1.56. The van der Waals surface area contributed by atoms with Gasteiger partial charge in [0.25, 0.3) is 5.56 Å². The smallest absolute Gasteiger partial charge is 0.281 e. The lowest BCUT2D eigenvalue weighted by Crippen LogP contribution is -2.30. The third-order valence-electron chi connectivity index (χ3n) is 4.12. The SMILES string of the molecule is COc1ccc(NC(=O)Cn2nnc3c(cnn3-c3ccccc3)c2=O)cc1. The molecule has 0 saturated heterocycles. The molecule has 1 amide bonds. The molecule has 1 N–H and O–H groups in total. The molecule has 9 heteroatoms. The third-order valence-corrected chi connectivity index (χ3v) is 4.12. The second-order valence-electron chi connectivity index (χ2n) is 5.96. The number of nitrogens with zero attached hydrogens (tertiary/aromatic N) is 5. The number of benzene rings is 2. The summed E-state index contributed by atoms with van der Waals surface area (Å²) in [5, 5.41) is 15.2. The number of fused-ring (bicyclic) bond motifs is 1. The average Bonchev–Trinajstić information content (AvgIpc) is 3.16. The quantitative estimate of drug-likeness (QED) is 0.568. The first-order valence-corrected chi connectivity index (χ1v) is 8.46. The Labute approximate surface area is 159 Å². The zero-order chi connectivity index (χ0) is 19.5. The van der Waals surface area contributed by atoms with E-state index in [9.17, 15) is 9.59 Å². The topological polar surface area (TPSA) is 104 Å². The molecular weight excluding hydrogens is 360 g/mol. The van der Waals surface area contributed by atoms with Gasteiger partial charge in [0.1, 0.15) is 17.7 Å². The fourth-order valence-electron chi connectivity index (χ4n) is 2.74. The van der Waals surface area contributed by atoms with Gasteiger partial charge in [-0.1, -0.05) is 23.4 Å². The van der Waals surface area contributed by atoms with Crippen molar-refractivity contribution >= 4 is 22.6 Å². The monoisotopic (exact) mass is 376 g/mol. The highest BCUT2D eigenvalue weighted by atomic mass is 16.5. The van der Waals surface area contributed by atoms with E-state index in [1.165, 1.54) is 10.9 Å². The molecule has 0 aliphatic carbocycles. The van der Waals surface area contributed by atoms with Crippen molar-refractivity contribution in [3.05, 3.63) is 71.1 Å². The highest BCUT2D eigenvalue weighted by Gasteiger charge is 2.14. The summed E-state index contributed by atoms with van der Waals surface area (Å²) in [6.07, 6.45) is 1.43. The molecule has 2 aromatic heterocycles. The normalized spacial score (nSPS) is 10.8. The molecule has 0 fully saturated rings. The molecule has 2 aromatic carbocycles. The maximum atomic E-state index is 12.7. The van der Waals surface area contributed by atoms with Crippen molar-refractivity contribution in [2.75, 3.05) is 12.4 Å². The van der Waals surface area contributed by atoms with E-state index >= 15 is 0 Å². The van der Waals surface area contributed by atoms with Gasteiger partial charge in [-0.25, -0.2) is 9.36 Å². The van der Waals surface area contributed by atoms with Gasteiger partial charge in [0.05, 0.1) is 19.0 Å². The lowest BCUT2D eigenvalue weighted by Gasteiger charge is -2.07. The molecule has 4 aromatic rings. The van der Waals surface area contributed by atoms with Crippen LogP contribution in [0.15, 0.2) is 65.6 Å². The van der Waals surface area contributed by atoms with Crippen LogP contribution in [0.5, 0.6) is 5.75 Å². The van der Waals surface area contributed by atoms with Crippen LogP contribution in [0.2, 0.25) is 0 Å². The van der Waals surface area contributed by atoms with E-state index in [1.54, 1.807) is 31.4 Å². The zero-order valence-corrected chi connectivity index (χ0v) is 14.9. The van der Waals surface area contributed by atoms with E-state index in [2.05, 4.69) is 20.7 Å². The van der Waals surface area contributed by atoms with Gasteiger partial charge in [-0.15, -0.1) is 5.10 Å². The molecular formula is C19H16N6O3. The van der Waals surface area contributed by atoms with Gasteiger partial charge >= 0.3 is 0 Å². The Balaban J connectivity index is 1.56. The maximum Gasteiger partial charge on any atom is 0.281 e. The van der Waals surface area contributed by atoms with Crippen LogP contribution < -0.4 is 15.6 Å². The minimum atomic E-state index is -0.433. The summed E-state index contributed by atoms with van der Waals surface area (Å²) in [4.78, 5) is 24.9. The Morgan fingerprint density at radius 3 is 2.57 bits per heavy atom. The fraction of sp³-hybridized carbons (Fsp3) is 0.105. The van der Waals surface area contributed by atoms with Crippen LogP contribution in [-0.4, -0.2) is 37.8 Å². The minimum absolute atomic E-state index is 0.260. The number of aromatic nitrogens is 5. The molecule has 4 rings (SSSR count). The van der Waals surface area contributed by atoms with Crippen LogP contribution in [0.3, 0.4) is 0 Å². The van der Waals surface area contributed by atoms with Crippen molar-refractivity contribution < 1.29 is 9.53 Å². The van der Waals surface area contributed by atoms with Gasteiger partial charge < -0.3 is 10.1 Å². The van der Waals surface area contributed by atoms with Crippen molar-refractivity contribution in [2.24, 2.45) is 0 Å². The highest BCUT2D eigenvalue weighted by Crippen LogP contribution is 2.15. The maximum absolute atomic E-state index is 12.7. The van der Waals surface area contributed by atoms with E-state index in [1.807, 2.05) is 30.3 Å². The van der Waals surface area contributed by atoms with Crippen molar-refractivity contribution in [2.45, 2.75) is 6.54 Å². The van der Waals surface area contributed by atoms with Gasteiger partial charge in [0.15, 0.2) is 5.65 Å². The number of amides is 1. The van der Waals surface area contributed by atoms with E-state index in [0.29, 0.717) is 17.1 Å². The highest BCUT2D eigenvalue weighted by molar-refractivity contribution is 5.90. The van der Waals surface area contributed by atoms with Gasteiger partial charge in [-0.05, 0) is 36.4 Å². The predicted octanol–water partition coefficient (Wildman–Crippen LogP) is 1.62. The summed E-state index contributed by atoms with van der Waals surface area (Å²) >= 11 is 0. The number of methoxy groups -OCH3 is 1. The Morgan fingerprint density at radius 1 is 1.11 bits per heavy atom. The van der Waals surface area contributed by atoms with Crippen molar-refractivity contribution in [3.63, 3.8) is 0 Å². The van der Waals surface area contributed by atoms with Gasteiger partial charge in [-0.2, -0.15) is 5.10 Å². The Morgan fingerprint density at radius 2 is 1.86 bits per heavy atom. The molecule has 0 bridgehead atoms. The first kappa shape index (κ1) is 17.4. The zero-order valence-electron chi connectivity index (χ0n) is 14.9. The first-order chi connectivity index (χ1) is 13.7. The number of ether oxygens (including phenoxy) is 1. The van der Waals surface area contributed by atoms with Gasteiger partial charge in [0.2, 0.25) is 5.91 Å². The summed E-state index contributed by atoms with van der Waals surface area (Å²) in [5.41, 5.74) is 1.26. The molecule has 0 aliphatic rings. The molecule has 0 aliphatic heterocycles. The number of hydrogen-bond donors (Lipinski definition) is 1. The molecule has 2 heterocycles. The van der Waals surface area contributed by atoms with Gasteiger partial charge in [0, 0.05) is 5.69 Å². The molecule has 0 saturated carbocycles. The minimum Gasteiger partial charge on any atom is -0.497 e. The molecule has 140 valence electrons. The number of rotatable bonds is 5. The van der Waals surface area contributed by atoms with E-state index in [-0.39, 0.29) is 11.9 Å². The largest absolute Gasteiger partial charge is 0.497 e. The Hall–Kier alpha value is -4.01. The number of hydrogen-bond acceptors (Lipinski definition) is 6. The van der Waals surface area contributed by atoms with Crippen LogP contribution >= 0.6 is 0 Å². The van der Waals surface area contributed by atoms with Crippen LogP contribution in [0.25, 0.3) is 16.7 Å². The fourth-order valence-corrected chi connectivity index (χ4v) is 2.74. The van der Waals surface area contributed by atoms with Crippen LogP contribution in [0.4, 0.5) is 5.69 Å². The van der Waals surface area contributed by atoms with Crippen LogP contribution in [0.1, 0.15) is 0 Å². The van der Waals surface area contributed by atoms with Gasteiger partial charge in [-0.3, -0.25) is 9.59 Å². The number of carbonyl (C=O) groups is 1. The third kappa shape index (κ3) is 3.32. The predicted molar refractivity (Wildman–Crippen MR) is 103 cm³/mol. The lowest BCUT2D eigenvalue weighted by molar-refractivity contribution is -0.117. The molecule has 0 atom stereocenters. The number of anilines is 1. The van der Waals surface area contributed by atoms with E-state index < -0.39 is 11.5 Å². The molecule has 9 nitrogen and oxygen atoms in total. The summed E-state index contributed by atoms with van der Waals surface area (Å²) < 4.78 is 7.62. The standard InChI is InChI=1S/C19H16N6O3/c1-28-15-9-7-13(8-10-15)21-17(26)12-24-19(27)16-11-20-25(18(16)22-23-24)14-5-3-2-4-6-14/h2-11H,12H2,1H3,(H,21,26). The number of carbonyl (C=O) groups excluding carboxylic acids is 1. The lowest BCUT2D eigenvalue weighted by atomic mass is 10.3. The summed E-state index contributed by atoms with van der Waals surface area (Å²) in [6, 6.07) is 16.2. The second kappa shape index (κ2) is 7.31. The molecule has 0 radical (unpaired) electrons. The van der Waals surface area contributed by atoms with Crippen molar-refractivity contribution in [3.8, 4) is 11.4 Å². The van der Waals surface area contributed by atoms with Crippen molar-refractivity contribution in [1.82, 2.24) is 24.8 Å². The molecule has 28 heavy (non-hydrogen) atoms. The number of nitrogens with one attached hydrogen (secondary N) is 1. The average molecular weight is 376 g/mol. The second-order valence-corrected chi connectivity index (χ2v) is 5.96. The summed E-state index contributed by atoms with van der Waals surface area (Å²) in [6.45, 7) is -0.260. The van der Waals surface area contributed by atoms with Crippen LogP contribution in [0, 0.1) is 0 Å². The molecule has 0 spiro atoms. The molecule has 0 unspecified atom stereocenters. The van der Waals surface area contributed by atoms with E-state index in [0.717, 1.165) is 10.4 Å². The Bertz CT molecular complexity index is 1180. The van der Waals surface area contributed by atoms with Crippen LogP contribution in [-0.2, 0) is 11.3 Å². The first-order valence-electron chi connectivity index (χ1n) is 8.46.